The van der Waals surface area contributed by atoms with E-state index in [1.165, 1.54) is 0 Å². The first-order chi connectivity index (χ1) is 7.47. The highest BCUT2D eigenvalue weighted by molar-refractivity contribution is 5.86. The topological polar surface area (TPSA) is 116 Å². The molecule has 1 unspecified atom stereocenters. The van der Waals surface area contributed by atoms with Crippen LogP contribution >= 0.6 is 0 Å². The van der Waals surface area contributed by atoms with Gasteiger partial charge in [0.2, 0.25) is 5.91 Å². The maximum absolute atomic E-state index is 11.2. The number of carboxylic acids is 2. The van der Waals surface area contributed by atoms with Crippen molar-refractivity contribution in [2.45, 2.75) is 25.8 Å². The third-order valence-corrected chi connectivity index (χ3v) is 1.79. The summed E-state index contributed by atoms with van der Waals surface area (Å²) in [6.07, 6.45) is -0.500. The van der Waals surface area contributed by atoms with Crippen LogP contribution in [0.1, 0.15) is 19.8 Å². The highest BCUT2D eigenvalue weighted by Crippen LogP contribution is 1.93. The second-order valence-corrected chi connectivity index (χ2v) is 3.16. The Morgan fingerprint density at radius 3 is 2.31 bits per heavy atom. The second-order valence-electron chi connectivity index (χ2n) is 3.16. The molecule has 92 valence electrons. The van der Waals surface area contributed by atoms with Gasteiger partial charge >= 0.3 is 11.9 Å². The predicted molar refractivity (Wildman–Crippen MR) is 55.0 cm³/mol. The van der Waals surface area contributed by atoms with Crippen LogP contribution in [0.4, 0.5) is 0 Å². The fourth-order valence-electron chi connectivity index (χ4n) is 1.02. The second kappa shape index (κ2) is 7.63. The molecule has 0 aliphatic heterocycles. The van der Waals surface area contributed by atoms with E-state index in [9.17, 15) is 14.4 Å². The monoisotopic (exact) mass is 232 g/mol. The van der Waals surface area contributed by atoms with Gasteiger partial charge in [0.05, 0.1) is 6.42 Å². The molecule has 0 aliphatic rings. The zero-order valence-corrected chi connectivity index (χ0v) is 9.02. The van der Waals surface area contributed by atoms with E-state index in [4.69, 9.17) is 10.2 Å². The Balaban J connectivity index is 4.03. The summed E-state index contributed by atoms with van der Waals surface area (Å²) in [5.74, 6) is -3.09. The third-order valence-electron chi connectivity index (χ3n) is 1.79. The normalized spacial score (nSPS) is 11.8. The van der Waals surface area contributed by atoms with Gasteiger partial charge in [0.1, 0.15) is 6.04 Å². The van der Waals surface area contributed by atoms with Crippen molar-refractivity contribution in [3.63, 3.8) is 0 Å². The number of carboxylic acid groups (broad SMARTS) is 2. The van der Waals surface area contributed by atoms with Crippen LogP contribution in [0.15, 0.2) is 0 Å². The van der Waals surface area contributed by atoms with Crippen molar-refractivity contribution < 1.29 is 24.6 Å². The van der Waals surface area contributed by atoms with Crippen LogP contribution in [-0.2, 0) is 14.4 Å². The molecular weight excluding hydrogens is 216 g/mol. The van der Waals surface area contributed by atoms with E-state index >= 15 is 0 Å². The number of carbonyl (C=O) groups excluding carboxylic acids is 1. The number of amides is 1. The van der Waals surface area contributed by atoms with Crippen molar-refractivity contribution >= 4 is 17.8 Å². The Hall–Kier alpha value is -1.63. The number of hydrogen-bond acceptors (Lipinski definition) is 4. The van der Waals surface area contributed by atoms with Gasteiger partial charge in [0.25, 0.3) is 0 Å². The smallest absolute Gasteiger partial charge is 0.326 e. The van der Waals surface area contributed by atoms with Gasteiger partial charge in [-0.3, -0.25) is 9.59 Å². The number of hydrogen-bond donors (Lipinski definition) is 4. The summed E-state index contributed by atoms with van der Waals surface area (Å²) >= 11 is 0. The van der Waals surface area contributed by atoms with Crippen LogP contribution < -0.4 is 10.6 Å². The molecule has 0 aromatic heterocycles. The molecule has 0 aromatic carbocycles. The molecule has 0 fully saturated rings. The van der Waals surface area contributed by atoms with E-state index < -0.39 is 30.3 Å². The Bertz CT molecular complexity index is 267. The number of carbonyl (C=O) groups is 3. The lowest BCUT2D eigenvalue weighted by molar-refractivity contribution is -0.147. The van der Waals surface area contributed by atoms with E-state index in [0.717, 1.165) is 0 Å². The summed E-state index contributed by atoms with van der Waals surface area (Å²) in [6, 6.07) is -1.37. The van der Waals surface area contributed by atoms with Gasteiger partial charge in [-0.2, -0.15) is 0 Å². The fourth-order valence-corrected chi connectivity index (χ4v) is 1.02. The molecule has 0 aromatic rings. The summed E-state index contributed by atoms with van der Waals surface area (Å²) in [5.41, 5.74) is 0. The largest absolute Gasteiger partial charge is 0.481 e. The highest BCUT2D eigenvalue weighted by atomic mass is 16.4. The molecule has 0 saturated carbocycles. The van der Waals surface area contributed by atoms with E-state index in [1.54, 1.807) is 0 Å². The number of rotatable bonds is 8. The molecule has 0 spiro atoms. The summed E-state index contributed by atoms with van der Waals surface area (Å²) in [4.78, 5) is 32.1. The molecule has 4 N–H and O–H groups in total. The molecule has 16 heavy (non-hydrogen) atoms. The zero-order valence-electron chi connectivity index (χ0n) is 9.02. The summed E-state index contributed by atoms with van der Waals surface area (Å²) < 4.78 is 0. The number of nitrogens with one attached hydrogen (secondary N) is 2. The Labute approximate surface area is 92.8 Å². The zero-order chi connectivity index (χ0) is 12.6. The van der Waals surface area contributed by atoms with Crippen molar-refractivity contribution in [2.24, 2.45) is 0 Å². The van der Waals surface area contributed by atoms with Crippen molar-refractivity contribution in [3.8, 4) is 0 Å². The van der Waals surface area contributed by atoms with Gasteiger partial charge in [-0.1, -0.05) is 6.92 Å². The molecule has 0 heterocycles. The van der Waals surface area contributed by atoms with Gasteiger partial charge in [-0.15, -0.1) is 0 Å². The molecule has 0 rings (SSSR count). The molecule has 0 saturated heterocycles. The lowest BCUT2D eigenvalue weighted by Gasteiger charge is -2.12. The maximum atomic E-state index is 11.2. The van der Waals surface area contributed by atoms with Crippen molar-refractivity contribution in [1.29, 1.82) is 0 Å². The molecule has 0 bridgehead atoms. The minimum Gasteiger partial charge on any atom is -0.481 e. The minimum absolute atomic E-state index is 0.122. The van der Waals surface area contributed by atoms with Gasteiger partial charge in [-0.25, -0.2) is 4.79 Å². The Morgan fingerprint density at radius 1 is 1.25 bits per heavy atom. The maximum Gasteiger partial charge on any atom is 0.326 e. The van der Waals surface area contributed by atoms with Crippen LogP contribution in [0, 0.1) is 0 Å². The molecule has 0 radical (unpaired) electrons. The van der Waals surface area contributed by atoms with E-state index in [-0.39, 0.29) is 6.42 Å². The van der Waals surface area contributed by atoms with Crippen molar-refractivity contribution in [1.82, 2.24) is 10.6 Å². The SMILES string of the molecule is CCNCCC(=O)NC(CC(=O)O)C(=O)O. The van der Waals surface area contributed by atoms with Crippen LogP contribution in [0.3, 0.4) is 0 Å². The number of aliphatic carboxylic acids is 2. The average Bonchev–Trinajstić information content (AvgIpc) is 2.16. The molecule has 7 heteroatoms. The van der Waals surface area contributed by atoms with Crippen LogP contribution in [0.2, 0.25) is 0 Å². The van der Waals surface area contributed by atoms with Crippen LogP contribution in [0.5, 0.6) is 0 Å². The lowest BCUT2D eigenvalue weighted by atomic mass is 10.2. The molecule has 1 atom stereocenters. The lowest BCUT2D eigenvalue weighted by Crippen LogP contribution is -2.43. The summed E-state index contributed by atoms with van der Waals surface area (Å²) in [6.45, 7) is 3.02. The van der Waals surface area contributed by atoms with Crippen LogP contribution in [0.25, 0.3) is 0 Å². The van der Waals surface area contributed by atoms with Crippen molar-refractivity contribution in [2.75, 3.05) is 13.1 Å². The first kappa shape index (κ1) is 14.4. The third kappa shape index (κ3) is 6.77. The quantitative estimate of drug-likeness (QED) is 0.400. The summed E-state index contributed by atoms with van der Waals surface area (Å²) in [5, 5.41) is 22.1. The molecular formula is C9H16N2O5. The van der Waals surface area contributed by atoms with Gasteiger partial charge in [0, 0.05) is 13.0 Å². The first-order valence-corrected chi connectivity index (χ1v) is 4.92. The molecule has 1 amide bonds. The first-order valence-electron chi connectivity index (χ1n) is 4.92. The average molecular weight is 232 g/mol. The highest BCUT2D eigenvalue weighted by Gasteiger charge is 2.22. The van der Waals surface area contributed by atoms with E-state index in [2.05, 4.69) is 10.6 Å². The van der Waals surface area contributed by atoms with E-state index in [0.29, 0.717) is 13.1 Å². The van der Waals surface area contributed by atoms with E-state index in [1.807, 2.05) is 6.92 Å². The molecule has 7 nitrogen and oxygen atoms in total. The van der Waals surface area contributed by atoms with Crippen molar-refractivity contribution in [3.05, 3.63) is 0 Å². The van der Waals surface area contributed by atoms with Crippen LogP contribution in [-0.4, -0.2) is 47.2 Å². The minimum atomic E-state index is -1.37. The molecule has 0 aliphatic carbocycles. The van der Waals surface area contributed by atoms with Gasteiger partial charge in [-0.05, 0) is 6.54 Å². The predicted octanol–water partition coefficient (Wildman–Crippen LogP) is -0.970. The van der Waals surface area contributed by atoms with Gasteiger partial charge < -0.3 is 20.8 Å². The Morgan fingerprint density at radius 2 is 1.88 bits per heavy atom. The summed E-state index contributed by atoms with van der Waals surface area (Å²) in [7, 11) is 0. The fraction of sp³-hybridized carbons (Fsp3) is 0.667. The Kier molecular flexibility index (Phi) is 6.86. The standard InChI is InChI=1S/C9H16N2O5/c1-2-10-4-3-7(12)11-6(9(15)16)5-8(13)14/h6,10H,2-5H2,1H3,(H,11,12)(H,13,14)(H,15,16). The van der Waals surface area contributed by atoms with Gasteiger partial charge in [0.15, 0.2) is 0 Å².